The number of methoxy groups -OCH3 is 3. The molecule has 3 saturated carbocycles. The second-order valence-electron chi connectivity index (χ2n) is 16.7. The Labute approximate surface area is 380 Å². The molecule has 3 amide bonds. The van der Waals surface area contributed by atoms with E-state index in [0.29, 0.717) is 66.1 Å². The summed E-state index contributed by atoms with van der Waals surface area (Å²) in [5.41, 5.74) is 5.71. The minimum absolute atomic E-state index is 0.0463. The molecule has 0 spiro atoms. The quantitative estimate of drug-likeness (QED) is 0.0483. The number of aromatic nitrogens is 1. The Balaban J connectivity index is 0.000000470. The molecule has 5 N–H and O–H groups in total. The number of hydrogen-bond donors (Lipinski definition) is 4. The van der Waals surface area contributed by atoms with Crippen molar-refractivity contribution in [2.24, 2.45) is 11.1 Å². The lowest BCUT2D eigenvalue weighted by Crippen LogP contribution is -2.41. The number of ether oxygens (including phenoxy) is 7. The predicted octanol–water partition coefficient (Wildman–Crippen LogP) is 8.91. The van der Waals surface area contributed by atoms with Gasteiger partial charge in [0.15, 0.2) is 23.1 Å². The Bertz CT molecular complexity index is 2600. The number of nitrogens with one attached hydrogen (secondary N) is 3. The van der Waals surface area contributed by atoms with Crippen molar-refractivity contribution >= 4 is 40.2 Å². The molecular weight excluding hydrogens is 857 g/mol. The summed E-state index contributed by atoms with van der Waals surface area (Å²) in [4.78, 5) is 43.0. The van der Waals surface area contributed by atoms with Gasteiger partial charge in [-0.2, -0.15) is 0 Å². The van der Waals surface area contributed by atoms with E-state index in [1.165, 1.54) is 49.7 Å². The SMILES string of the molecule is CO/C(C)=C(/C)OCC1(N)CC1.COc1ccc(COC(=O)NC2(COc3cc4nccc(Oc5ccc(NC(=O)C6(C(=O)Nc7ccc(F)cc7)CC6)cc5F)c4cc3OC)CC2)cc1. The summed E-state index contributed by atoms with van der Waals surface area (Å²) in [7, 11) is 4.70. The smallest absolute Gasteiger partial charge is 0.408 e. The molecule has 348 valence electrons. The second-order valence-corrected chi connectivity index (χ2v) is 16.7. The number of pyridine rings is 1. The maximum Gasteiger partial charge on any atom is 0.408 e. The number of alkyl carbamates (subject to hydrolysis) is 1. The molecule has 3 fully saturated rings. The molecule has 0 atom stereocenters. The third kappa shape index (κ3) is 11.8. The maximum atomic E-state index is 15.4. The number of fused-ring (bicyclic) bond motifs is 1. The molecule has 1 aromatic heterocycles. The van der Waals surface area contributed by atoms with Gasteiger partial charge in [-0.15, -0.1) is 0 Å². The average Bonchev–Trinajstić information content (AvgIpc) is 4.24. The number of hydrogen-bond acceptors (Lipinski definition) is 12. The van der Waals surface area contributed by atoms with Gasteiger partial charge in [0.2, 0.25) is 11.8 Å². The number of carbonyl (C=O) groups excluding carboxylic acids is 3. The van der Waals surface area contributed by atoms with Crippen molar-refractivity contribution in [3.8, 4) is 28.7 Å². The molecule has 8 rings (SSSR count). The molecule has 3 aliphatic rings. The molecule has 3 aliphatic carbocycles. The molecule has 0 bridgehead atoms. The fraction of sp³-hybridized carbons (Fsp3) is 0.347. The highest BCUT2D eigenvalue weighted by molar-refractivity contribution is 6.17. The summed E-state index contributed by atoms with van der Waals surface area (Å²) in [5.74, 6) is 0.984. The number of nitrogens with zero attached hydrogens (tertiary/aromatic N) is 1. The topological polar surface area (TPSA) is 191 Å². The van der Waals surface area contributed by atoms with Gasteiger partial charge in [-0.3, -0.25) is 14.6 Å². The van der Waals surface area contributed by atoms with Gasteiger partial charge in [0.1, 0.15) is 54.1 Å². The van der Waals surface area contributed by atoms with Crippen LogP contribution in [0.3, 0.4) is 0 Å². The number of anilines is 2. The first-order chi connectivity index (χ1) is 31.7. The summed E-state index contributed by atoms with van der Waals surface area (Å²) >= 11 is 0. The van der Waals surface area contributed by atoms with Crippen LogP contribution in [0.4, 0.5) is 25.0 Å². The fourth-order valence-electron chi connectivity index (χ4n) is 6.58. The van der Waals surface area contributed by atoms with Crippen LogP contribution in [0.25, 0.3) is 10.9 Å². The van der Waals surface area contributed by atoms with Crippen molar-refractivity contribution in [2.75, 3.05) is 45.2 Å². The molecular formula is C49H53F2N5O10. The van der Waals surface area contributed by atoms with E-state index in [-0.39, 0.29) is 35.9 Å². The first-order valence-electron chi connectivity index (χ1n) is 21.3. The molecule has 0 radical (unpaired) electrons. The standard InChI is InChI=1S/C40H36F2N4O8.C9H17NO2/c1-50-28-10-3-24(4-11-28)22-52-38(49)46-39(14-15-39)23-53-35-21-31-29(20-34(35)51-2)32(13-18-43-31)54-33-12-9-27(19-30(33)42)45-37(48)40(16-17-40)36(47)44-26-7-5-25(41)6-8-26;1-7(11-3)8(2)12-6-9(10)4-5-9/h3-13,18-21H,14-17,22-23H2,1-2H3,(H,44,47)(H,45,48)(H,46,49);4-6,10H2,1-3H3/b;8-7-. The average molecular weight is 910 g/mol. The normalized spacial score (nSPS) is 15.9. The van der Waals surface area contributed by atoms with Crippen LogP contribution in [0.2, 0.25) is 0 Å². The Morgan fingerprint density at radius 2 is 1.38 bits per heavy atom. The number of allylic oxidation sites excluding steroid dienone is 2. The number of nitrogens with two attached hydrogens (primary N) is 1. The maximum absolute atomic E-state index is 15.4. The molecule has 5 aromatic rings. The van der Waals surface area contributed by atoms with Gasteiger partial charge >= 0.3 is 6.09 Å². The van der Waals surface area contributed by atoms with E-state index in [9.17, 15) is 18.8 Å². The van der Waals surface area contributed by atoms with Crippen LogP contribution in [0.5, 0.6) is 28.7 Å². The monoisotopic (exact) mass is 909 g/mol. The Hall–Kier alpha value is -7.14. The third-order valence-electron chi connectivity index (χ3n) is 11.6. The van der Waals surface area contributed by atoms with E-state index in [0.717, 1.165) is 36.0 Å². The second kappa shape index (κ2) is 19.9. The Morgan fingerprint density at radius 3 is 1.98 bits per heavy atom. The molecule has 15 nitrogen and oxygen atoms in total. The zero-order valence-electron chi connectivity index (χ0n) is 37.4. The number of carbonyl (C=O) groups is 3. The van der Waals surface area contributed by atoms with Crippen LogP contribution in [0, 0.1) is 17.0 Å². The lowest BCUT2D eigenvalue weighted by atomic mass is 10.0. The summed E-state index contributed by atoms with van der Waals surface area (Å²) in [5, 5.41) is 8.70. The Kier molecular flexibility index (Phi) is 14.2. The zero-order valence-corrected chi connectivity index (χ0v) is 37.4. The fourth-order valence-corrected chi connectivity index (χ4v) is 6.58. The predicted molar refractivity (Wildman–Crippen MR) is 241 cm³/mol. The van der Waals surface area contributed by atoms with E-state index in [1.54, 1.807) is 44.6 Å². The first kappa shape index (κ1) is 46.8. The lowest BCUT2D eigenvalue weighted by Gasteiger charge is -2.20. The molecule has 4 aromatic carbocycles. The highest BCUT2D eigenvalue weighted by Gasteiger charge is 2.56. The van der Waals surface area contributed by atoms with Crippen molar-refractivity contribution in [2.45, 2.75) is 70.1 Å². The highest BCUT2D eigenvalue weighted by atomic mass is 19.1. The molecule has 17 heteroatoms. The van der Waals surface area contributed by atoms with E-state index in [2.05, 4.69) is 20.9 Å². The van der Waals surface area contributed by atoms with Crippen molar-refractivity contribution in [3.63, 3.8) is 0 Å². The van der Waals surface area contributed by atoms with Gasteiger partial charge in [-0.25, -0.2) is 13.6 Å². The van der Waals surface area contributed by atoms with Gasteiger partial charge in [-0.05, 0) is 119 Å². The van der Waals surface area contributed by atoms with Gasteiger partial charge in [0.25, 0.3) is 0 Å². The lowest BCUT2D eigenvalue weighted by molar-refractivity contribution is -0.131. The number of amides is 3. The van der Waals surface area contributed by atoms with Crippen molar-refractivity contribution in [3.05, 3.63) is 120 Å². The van der Waals surface area contributed by atoms with Crippen LogP contribution >= 0.6 is 0 Å². The van der Waals surface area contributed by atoms with E-state index >= 15 is 4.39 Å². The van der Waals surface area contributed by atoms with Gasteiger partial charge in [0.05, 0.1) is 37.9 Å². The zero-order chi connectivity index (χ0) is 47.1. The van der Waals surface area contributed by atoms with Gasteiger partial charge < -0.3 is 54.8 Å². The van der Waals surface area contributed by atoms with Crippen molar-refractivity contribution in [1.29, 1.82) is 0 Å². The first-order valence-corrected chi connectivity index (χ1v) is 21.3. The third-order valence-corrected chi connectivity index (χ3v) is 11.6. The summed E-state index contributed by atoms with van der Waals surface area (Å²) in [6.45, 7) is 4.65. The molecule has 0 aliphatic heterocycles. The van der Waals surface area contributed by atoms with E-state index in [4.69, 9.17) is 38.9 Å². The van der Waals surface area contributed by atoms with Gasteiger partial charge in [0, 0.05) is 35.1 Å². The molecule has 66 heavy (non-hydrogen) atoms. The minimum atomic E-state index is -1.31. The molecule has 1 heterocycles. The highest BCUT2D eigenvalue weighted by Crippen LogP contribution is 2.48. The minimum Gasteiger partial charge on any atom is -0.498 e. The van der Waals surface area contributed by atoms with Crippen LogP contribution in [-0.2, 0) is 30.4 Å². The van der Waals surface area contributed by atoms with Crippen LogP contribution < -0.4 is 40.6 Å². The van der Waals surface area contributed by atoms with Crippen LogP contribution in [0.1, 0.15) is 57.9 Å². The molecule has 0 unspecified atom stereocenters. The van der Waals surface area contributed by atoms with E-state index in [1.807, 2.05) is 26.0 Å². The van der Waals surface area contributed by atoms with Gasteiger partial charge in [-0.1, -0.05) is 12.1 Å². The summed E-state index contributed by atoms with van der Waals surface area (Å²) < 4.78 is 67.3. The number of benzene rings is 4. The van der Waals surface area contributed by atoms with Crippen LogP contribution in [0.15, 0.2) is 103 Å². The summed E-state index contributed by atoms with van der Waals surface area (Å²) in [6.07, 6.45) is 5.16. The van der Waals surface area contributed by atoms with Crippen molar-refractivity contribution < 1.29 is 56.3 Å². The Morgan fingerprint density at radius 1 is 0.697 bits per heavy atom. The van der Waals surface area contributed by atoms with Crippen LogP contribution in [-0.4, -0.2) is 68.5 Å². The van der Waals surface area contributed by atoms with Crippen molar-refractivity contribution in [1.82, 2.24) is 10.3 Å². The number of halogens is 2. The molecule has 0 saturated heterocycles. The largest absolute Gasteiger partial charge is 0.498 e. The summed E-state index contributed by atoms with van der Waals surface area (Å²) in [6, 6.07) is 21.3. The number of rotatable bonds is 18. The van der Waals surface area contributed by atoms with E-state index < -0.39 is 40.5 Å².